The molecule has 0 aliphatic carbocycles. The SMILES string of the molecule is C[Si]1(C)c2ccccc2N2B3c4c(cc(-c5ccccc5)cc4-n4c5cc6ccccc6cc5c5cccc3c54)-c3cccc1c32. The molecule has 3 aliphatic rings. The third-order valence-electron chi connectivity index (χ3n) is 11.1. The number of rotatable bonds is 1. The normalized spacial score (nSPS) is 14.8. The van der Waals surface area contributed by atoms with E-state index in [0.717, 1.165) is 0 Å². The summed E-state index contributed by atoms with van der Waals surface area (Å²) in [7, 11) is -1.96. The molecule has 4 heteroatoms. The minimum absolute atomic E-state index is 0.0738. The van der Waals surface area contributed by atoms with Crippen LogP contribution in [-0.4, -0.2) is 19.5 Å². The highest BCUT2D eigenvalue weighted by Gasteiger charge is 2.49. The van der Waals surface area contributed by atoms with E-state index in [1.165, 1.54) is 93.2 Å². The van der Waals surface area contributed by atoms with Crippen molar-refractivity contribution in [3.63, 3.8) is 0 Å². The maximum absolute atomic E-state index is 2.72. The molecule has 0 atom stereocenters. The fourth-order valence-corrected chi connectivity index (χ4v) is 12.1. The van der Waals surface area contributed by atoms with Gasteiger partial charge in [0.1, 0.15) is 8.07 Å². The standard InChI is InChI=1S/C42H29BN2Si/c1-46(2)38-20-9-8-19-35(38)45-42-31(17-11-21-39(42)46)33-23-29(26-12-4-3-5-13-26)25-37-40(33)43(45)34-18-10-16-30-32-22-27-14-6-7-15-28(27)24-36(32)44(37)41(30)34/h3-25H,1-2H3. The highest BCUT2D eigenvalue weighted by Crippen LogP contribution is 2.47. The van der Waals surface area contributed by atoms with Crippen LogP contribution in [-0.2, 0) is 0 Å². The van der Waals surface area contributed by atoms with Gasteiger partial charge in [0.2, 0.25) is 0 Å². The number of fused-ring (bicyclic) bond motifs is 10. The summed E-state index contributed by atoms with van der Waals surface area (Å²) in [5.41, 5.74) is 14.7. The Balaban J connectivity index is 1.36. The van der Waals surface area contributed by atoms with Crippen molar-refractivity contribution in [1.29, 1.82) is 0 Å². The number of hydrogen-bond donors (Lipinski definition) is 0. The third kappa shape index (κ3) is 2.94. The second-order valence-corrected chi connectivity index (χ2v) is 18.1. The Morgan fingerprint density at radius 1 is 0.543 bits per heavy atom. The molecule has 4 heterocycles. The van der Waals surface area contributed by atoms with Crippen molar-refractivity contribution in [1.82, 2.24) is 4.57 Å². The zero-order chi connectivity index (χ0) is 30.3. The van der Waals surface area contributed by atoms with Gasteiger partial charge in [-0.3, -0.25) is 0 Å². The molecule has 46 heavy (non-hydrogen) atoms. The lowest BCUT2D eigenvalue weighted by molar-refractivity contribution is 1.18. The average molecular weight is 601 g/mol. The fraction of sp³-hybridized carbons (Fsp3) is 0.0476. The first-order chi connectivity index (χ1) is 22.6. The van der Waals surface area contributed by atoms with Crippen LogP contribution in [0, 0.1) is 0 Å². The molecule has 2 nitrogen and oxygen atoms in total. The van der Waals surface area contributed by atoms with Gasteiger partial charge in [0.05, 0.1) is 11.0 Å². The van der Waals surface area contributed by atoms with Crippen molar-refractivity contribution >= 4 is 80.2 Å². The van der Waals surface area contributed by atoms with E-state index in [1.54, 1.807) is 0 Å². The van der Waals surface area contributed by atoms with Gasteiger partial charge in [0.15, 0.2) is 0 Å². The molecule has 3 aliphatic heterocycles. The van der Waals surface area contributed by atoms with E-state index in [0.29, 0.717) is 0 Å². The molecule has 0 radical (unpaired) electrons. The van der Waals surface area contributed by atoms with E-state index in [1.807, 2.05) is 0 Å². The summed E-state index contributed by atoms with van der Waals surface area (Å²) in [4.78, 5) is 2.72. The summed E-state index contributed by atoms with van der Waals surface area (Å²) in [6.07, 6.45) is 0. The Labute approximate surface area is 269 Å². The quantitative estimate of drug-likeness (QED) is 0.174. The van der Waals surface area contributed by atoms with Gasteiger partial charge in [-0.2, -0.15) is 0 Å². The number of anilines is 2. The maximum Gasteiger partial charge on any atom is 0.333 e. The lowest BCUT2D eigenvalue weighted by Crippen LogP contribution is -2.68. The summed E-state index contributed by atoms with van der Waals surface area (Å²) in [5.74, 6) is 0. The van der Waals surface area contributed by atoms with Gasteiger partial charge in [-0.15, -0.1) is 0 Å². The molecule has 0 fully saturated rings. The molecule has 7 aromatic carbocycles. The smallest absolute Gasteiger partial charge is 0.333 e. The van der Waals surface area contributed by atoms with Gasteiger partial charge >= 0.3 is 6.85 Å². The van der Waals surface area contributed by atoms with Crippen LogP contribution < -0.4 is 26.1 Å². The summed E-state index contributed by atoms with van der Waals surface area (Å²) in [6.45, 7) is 5.14. The van der Waals surface area contributed by atoms with Crippen molar-refractivity contribution in [2.45, 2.75) is 13.1 Å². The zero-order valence-electron chi connectivity index (χ0n) is 25.8. The lowest BCUT2D eigenvalue weighted by atomic mass is 9.44. The minimum atomic E-state index is -1.96. The predicted molar refractivity (Wildman–Crippen MR) is 200 cm³/mol. The van der Waals surface area contributed by atoms with Crippen LogP contribution in [0.2, 0.25) is 13.1 Å². The lowest BCUT2D eigenvalue weighted by Gasteiger charge is -2.49. The highest BCUT2D eigenvalue weighted by molar-refractivity contribution is 7.05. The topological polar surface area (TPSA) is 8.17 Å². The van der Waals surface area contributed by atoms with E-state index >= 15 is 0 Å². The molecule has 214 valence electrons. The molecule has 0 N–H and O–H groups in total. The summed E-state index contributed by atoms with van der Waals surface area (Å²) >= 11 is 0. The molecular formula is C42H29BN2Si. The van der Waals surface area contributed by atoms with Crippen LogP contribution in [0.3, 0.4) is 0 Å². The number of hydrogen-bond acceptors (Lipinski definition) is 1. The van der Waals surface area contributed by atoms with Crippen molar-refractivity contribution in [3.8, 4) is 27.9 Å². The molecule has 0 unspecified atom stereocenters. The molecule has 0 amide bonds. The van der Waals surface area contributed by atoms with Gasteiger partial charge < -0.3 is 9.38 Å². The highest BCUT2D eigenvalue weighted by atomic mass is 28.3. The summed E-state index contributed by atoms with van der Waals surface area (Å²) in [5, 5.41) is 8.26. The van der Waals surface area contributed by atoms with E-state index < -0.39 is 8.07 Å². The molecule has 0 saturated heterocycles. The van der Waals surface area contributed by atoms with Crippen LogP contribution in [0.4, 0.5) is 11.4 Å². The second kappa shape index (κ2) is 8.48. The van der Waals surface area contributed by atoms with E-state index in [4.69, 9.17) is 0 Å². The van der Waals surface area contributed by atoms with Crippen molar-refractivity contribution in [2.24, 2.45) is 0 Å². The van der Waals surface area contributed by atoms with Gasteiger partial charge in [-0.25, -0.2) is 0 Å². The van der Waals surface area contributed by atoms with Crippen LogP contribution in [0.1, 0.15) is 0 Å². The van der Waals surface area contributed by atoms with Crippen LogP contribution in [0.15, 0.2) is 140 Å². The average Bonchev–Trinajstić information content (AvgIpc) is 3.42. The van der Waals surface area contributed by atoms with Gasteiger partial charge in [0.25, 0.3) is 0 Å². The summed E-state index contributed by atoms with van der Waals surface area (Å²) < 4.78 is 2.59. The fourth-order valence-electron chi connectivity index (χ4n) is 9.07. The molecule has 0 saturated carbocycles. The molecule has 0 spiro atoms. The molecule has 0 bridgehead atoms. The first-order valence-electron chi connectivity index (χ1n) is 16.3. The Bertz CT molecular complexity index is 2630. The number of aromatic nitrogens is 1. The zero-order valence-corrected chi connectivity index (χ0v) is 26.8. The van der Waals surface area contributed by atoms with Gasteiger partial charge in [0, 0.05) is 33.4 Å². The molecule has 11 rings (SSSR count). The van der Waals surface area contributed by atoms with Crippen molar-refractivity contribution in [3.05, 3.63) is 140 Å². The van der Waals surface area contributed by atoms with Crippen LogP contribution in [0.5, 0.6) is 0 Å². The third-order valence-corrected chi connectivity index (χ3v) is 14.6. The second-order valence-electron chi connectivity index (χ2n) is 13.7. The monoisotopic (exact) mass is 600 g/mol. The first kappa shape index (κ1) is 24.9. The van der Waals surface area contributed by atoms with Crippen molar-refractivity contribution < 1.29 is 0 Å². The van der Waals surface area contributed by atoms with Crippen LogP contribution >= 0.6 is 0 Å². The Hall–Kier alpha value is -5.32. The Morgan fingerprint density at radius 3 is 2.15 bits per heavy atom. The number of nitrogens with zero attached hydrogens (tertiary/aromatic N) is 2. The Kier molecular flexibility index (Phi) is 4.60. The minimum Gasteiger partial charge on any atom is -0.377 e. The van der Waals surface area contributed by atoms with E-state index in [-0.39, 0.29) is 6.85 Å². The van der Waals surface area contributed by atoms with Gasteiger partial charge in [-0.1, -0.05) is 122 Å². The summed E-state index contributed by atoms with van der Waals surface area (Å²) in [6, 6.07) is 52.9. The van der Waals surface area contributed by atoms with Crippen LogP contribution in [0.25, 0.3) is 60.5 Å². The molecule has 8 aromatic rings. The molecular weight excluding hydrogens is 571 g/mol. The van der Waals surface area contributed by atoms with Gasteiger partial charge in [-0.05, 0) is 79.1 Å². The maximum atomic E-state index is 2.72. The predicted octanol–water partition coefficient (Wildman–Crippen LogP) is 7.98. The Morgan fingerprint density at radius 2 is 1.28 bits per heavy atom. The first-order valence-corrected chi connectivity index (χ1v) is 19.3. The van der Waals surface area contributed by atoms with E-state index in [2.05, 4.69) is 162 Å². The number of para-hydroxylation sites is 3. The number of benzene rings is 7. The largest absolute Gasteiger partial charge is 0.377 e. The molecule has 1 aromatic heterocycles. The van der Waals surface area contributed by atoms with E-state index in [9.17, 15) is 0 Å². The van der Waals surface area contributed by atoms with Crippen molar-refractivity contribution in [2.75, 3.05) is 4.81 Å².